The molecule has 0 bridgehead atoms. The quantitative estimate of drug-likeness (QED) is 0.147. The zero-order chi connectivity index (χ0) is 35.6. The fourth-order valence-corrected chi connectivity index (χ4v) is 7.90. The van der Waals surface area contributed by atoms with Crippen LogP contribution < -0.4 is 4.90 Å². The summed E-state index contributed by atoms with van der Waals surface area (Å²) in [7, 11) is 0. The normalized spacial score (nSPS) is 11.3. The largest absolute Gasteiger partial charge is 0.341 e. The second-order valence-electron chi connectivity index (χ2n) is 13.6. The first-order valence-corrected chi connectivity index (χ1v) is 18.5. The summed E-state index contributed by atoms with van der Waals surface area (Å²) in [6, 6.07) is 72.6. The molecule has 254 valence electrons. The molecule has 0 unspecified atom stereocenters. The monoisotopic (exact) mass is 680 g/mol. The topological polar surface area (TPSA) is 8.17 Å². The molecule has 0 aliphatic heterocycles. The third-order valence-corrected chi connectivity index (χ3v) is 10.5. The van der Waals surface area contributed by atoms with Crippen LogP contribution in [0, 0.1) is 0 Å². The summed E-state index contributed by atoms with van der Waals surface area (Å²) in [6.07, 6.45) is 0. The van der Waals surface area contributed by atoms with Gasteiger partial charge in [-0.05, 0) is 99.5 Å². The lowest BCUT2D eigenvalue weighted by atomic mass is 9.93. The number of para-hydroxylation sites is 2. The van der Waals surface area contributed by atoms with Crippen molar-refractivity contribution >= 4 is 33.2 Å². The molecule has 0 N–H and O–H groups in total. The summed E-state index contributed by atoms with van der Waals surface area (Å²) in [6.45, 7) is 3.90. The third kappa shape index (κ3) is 6.19. The zero-order valence-corrected chi connectivity index (χ0v) is 29.9. The third-order valence-electron chi connectivity index (χ3n) is 10.5. The van der Waals surface area contributed by atoms with Gasteiger partial charge in [-0.15, -0.1) is 0 Å². The molecule has 8 aromatic carbocycles. The van der Waals surface area contributed by atoms with Crippen molar-refractivity contribution in [1.29, 1.82) is 0 Å². The first kappa shape index (κ1) is 32.3. The minimum atomic E-state index is 0.731. The highest BCUT2D eigenvalue weighted by atomic mass is 15.1. The van der Waals surface area contributed by atoms with Crippen LogP contribution in [0.2, 0.25) is 0 Å². The average molecular weight is 681 g/mol. The van der Waals surface area contributed by atoms with Gasteiger partial charge in [0.15, 0.2) is 0 Å². The summed E-state index contributed by atoms with van der Waals surface area (Å²) in [4.78, 5) is 2.42. The number of fused-ring (bicyclic) bond motifs is 3. The summed E-state index contributed by atoms with van der Waals surface area (Å²) in [5, 5.41) is 2.63. The van der Waals surface area contributed by atoms with E-state index in [4.69, 9.17) is 0 Å². The molecule has 0 atom stereocenters. The molecular formula is C51H40N2. The van der Waals surface area contributed by atoms with E-state index in [9.17, 15) is 0 Å². The average Bonchev–Trinajstić information content (AvgIpc) is 3.57. The zero-order valence-electron chi connectivity index (χ0n) is 29.9. The fraction of sp³-hybridized carbons (Fsp3) is 0.0588. The predicted octanol–water partition coefficient (Wildman–Crippen LogP) is 13.8. The van der Waals surface area contributed by atoms with E-state index in [1.807, 2.05) is 0 Å². The molecule has 0 fully saturated rings. The first-order chi connectivity index (χ1) is 26.2. The first-order valence-electron chi connectivity index (χ1n) is 18.5. The van der Waals surface area contributed by atoms with Gasteiger partial charge >= 0.3 is 0 Å². The number of hydrogen-bond donors (Lipinski definition) is 0. The van der Waals surface area contributed by atoms with Gasteiger partial charge in [0.25, 0.3) is 0 Å². The van der Waals surface area contributed by atoms with Gasteiger partial charge in [0, 0.05) is 46.3 Å². The van der Waals surface area contributed by atoms with E-state index in [2.05, 4.69) is 217 Å². The number of nitrogens with zero attached hydrogens (tertiary/aromatic N) is 2. The Kier molecular flexibility index (Phi) is 8.63. The van der Waals surface area contributed by atoms with Gasteiger partial charge < -0.3 is 9.47 Å². The molecule has 1 aromatic heterocycles. The molecule has 0 aliphatic rings. The Bertz CT molecular complexity index is 2650. The van der Waals surface area contributed by atoms with E-state index in [0.29, 0.717) is 0 Å². The van der Waals surface area contributed by atoms with Crippen LogP contribution in [-0.2, 0) is 13.1 Å². The van der Waals surface area contributed by atoms with Crippen molar-refractivity contribution in [2.24, 2.45) is 0 Å². The van der Waals surface area contributed by atoms with E-state index >= 15 is 0 Å². The van der Waals surface area contributed by atoms with E-state index < -0.39 is 0 Å². The van der Waals surface area contributed by atoms with Gasteiger partial charge in [-0.2, -0.15) is 0 Å². The lowest BCUT2D eigenvalue weighted by Gasteiger charge is -2.27. The molecule has 1 heterocycles. The van der Waals surface area contributed by atoms with Crippen LogP contribution >= 0.6 is 0 Å². The van der Waals surface area contributed by atoms with Crippen LogP contribution in [-0.4, -0.2) is 4.57 Å². The maximum atomic E-state index is 2.43. The second kappa shape index (κ2) is 14.2. The van der Waals surface area contributed by atoms with Crippen molar-refractivity contribution in [1.82, 2.24) is 4.57 Å². The standard InChI is InChI=1S/C51H40N2/c1-2-52-49-25-12-11-23-48(49)51-47(24-14-26-50(51)52)42-19-13-18-41(35-42)46-22-10-9-17-43(46)36-53(44-20-7-4-8-21-44)45-33-31-40(32-34-45)39-29-27-38(28-30-39)37-15-5-3-6-16-37/h3-35H,2,36H2,1H3. The summed E-state index contributed by atoms with van der Waals surface area (Å²) in [5.74, 6) is 0. The predicted molar refractivity (Wildman–Crippen MR) is 226 cm³/mol. The van der Waals surface area contributed by atoms with Gasteiger partial charge in [0.2, 0.25) is 0 Å². The molecule has 0 spiro atoms. The molecule has 0 radical (unpaired) electrons. The van der Waals surface area contributed by atoms with Crippen LogP contribution in [0.25, 0.3) is 66.3 Å². The molecule has 9 aromatic rings. The summed E-state index contributed by atoms with van der Waals surface area (Å²) >= 11 is 0. The molecule has 9 rings (SSSR count). The number of benzene rings is 8. The summed E-state index contributed by atoms with van der Waals surface area (Å²) < 4.78 is 2.43. The van der Waals surface area contributed by atoms with E-state index in [1.165, 1.54) is 71.9 Å². The molecule has 0 saturated carbocycles. The maximum absolute atomic E-state index is 2.43. The molecule has 2 heteroatoms. The Morgan fingerprint density at radius 1 is 0.396 bits per heavy atom. The van der Waals surface area contributed by atoms with Crippen molar-refractivity contribution in [3.05, 3.63) is 206 Å². The van der Waals surface area contributed by atoms with Crippen LogP contribution in [0.1, 0.15) is 12.5 Å². The number of anilines is 2. The van der Waals surface area contributed by atoms with Crippen LogP contribution in [0.5, 0.6) is 0 Å². The van der Waals surface area contributed by atoms with Crippen LogP contribution in [0.4, 0.5) is 11.4 Å². The fourth-order valence-electron chi connectivity index (χ4n) is 7.90. The Labute approximate surface area is 311 Å². The molecule has 0 amide bonds. The SMILES string of the molecule is CCn1c2ccccc2c2c(-c3cccc(-c4ccccc4CN(c4ccccc4)c4ccc(-c5ccc(-c6ccccc6)cc5)cc4)c3)cccc21. The van der Waals surface area contributed by atoms with E-state index in [1.54, 1.807) is 0 Å². The van der Waals surface area contributed by atoms with Crippen molar-refractivity contribution in [2.45, 2.75) is 20.0 Å². The van der Waals surface area contributed by atoms with Gasteiger partial charge in [0.05, 0.1) is 0 Å². The van der Waals surface area contributed by atoms with Gasteiger partial charge in [-0.25, -0.2) is 0 Å². The van der Waals surface area contributed by atoms with Crippen molar-refractivity contribution in [2.75, 3.05) is 4.90 Å². The second-order valence-corrected chi connectivity index (χ2v) is 13.6. The number of hydrogen-bond acceptors (Lipinski definition) is 1. The van der Waals surface area contributed by atoms with Crippen molar-refractivity contribution < 1.29 is 0 Å². The Balaban J connectivity index is 1.06. The highest BCUT2D eigenvalue weighted by molar-refractivity contribution is 6.15. The molecular weight excluding hydrogens is 641 g/mol. The molecule has 53 heavy (non-hydrogen) atoms. The lowest BCUT2D eigenvalue weighted by molar-refractivity contribution is 0.827. The number of rotatable bonds is 9. The molecule has 2 nitrogen and oxygen atoms in total. The minimum Gasteiger partial charge on any atom is -0.341 e. The highest BCUT2D eigenvalue weighted by Gasteiger charge is 2.17. The number of aromatic nitrogens is 1. The van der Waals surface area contributed by atoms with E-state index in [0.717, 1.165) is 24.5 Å². The van der Waals surface area contributed by atoms with Gasteiger partial charge in [0.1, 0.15) is 0 Å². The van der Waals surface area contributed by atoms with Gasteiger partial charge in [-0.1, -0.05) is 158 Å². The Morgan fingerprint density at radius 3 is 1.60 bits per heavy atom. The van der Waals surface area contributed by atoms with Crippen molar-refractivity contribution in [3.8, 4) is 44.5 Å². The lowest BCUT2D eigenvalue weighted by Crippen LogP contribution is -2.17. The van der Waals surface area contributed by atoms with Crippen LogP contribution in [0.15, 0.2) is 200 Å². The van der Waals surface area contributed by atoms with Crippen molar-refractivity contribution in [3.63, 3.8) is 0 Å². The highest BCUT2D eigenvalue weighted by Crippen LogP contribution is 2.39. The molecule has 0 saturated heterocycles. The van der Waals surface area contributed by atoms with E-state index in [-0.39, 0.29) is 0 Å². The maximum Gasteiger partial charge on any atom is 0.0497 e. The summed E-state index contributed by atoms with van der Waals surface area (Å²) in [5.41, 5.74) is 16.0. The molecule has 0 aliphatic carbocycles. The Morgan fingerprint density at radius 2 is 0.887 bits per heavy atom. The Hall–Kier alpha value is -6.64. The van der Waals surface area contributed by atoms with Crippen LogP contribution in [0.3, 0.4) is 0 Å². The smallest absolute Gasteiger partial charge is 0.0497 e. The number of aryl methyl sites for hydroxylation is 1. The minimum absolute atomic E-state index is 0.731. The van der Waals surface area contributed by atoms with Gasteiger partial charge in [-0.3, -0.25) is 0 Å².